The molecule has 104 valence electrons. The number of amides is 1. The van der Waals surface area contributed by atoms with Gasteiger partial charge in [0.2, 0.25) is 5.91 Å². The Labute approximate surface area is 119 Å². The Balaban J connectivity index is 1.76. The Morgan fingerprint density at radius 1 is 1.53 bits per heavy atom. The van der Waals surface area contributed by atoms with Crippen LogP contribution in [0.3, 0.4) is 0 Å². The van der Waals surface area contributed by atoms with Crippen molar-refractivity contribution in [3.63, 3.8) is 0 Å². The zero-order chi connectivity index (χ0) is 13.9. The predicted octanol–water partition coefficient (Wildman–Crippen LogP) is 2.21. The van der Waals surface area contributed by atoms with Crippen molar-refractivity contribution >= 4 is 17.7 Å². The van der Waals surface area contributed by atoms with E-state index in [1.54, 1.807) is 23.6 Å². The van der Waals surface area contributed by atoms with Crippen LogP contribution in [0.5, 0.6) is 0 Å². The summed E-state index contributed by atoms with van der Waals surface area (Å²) in [6.07, 6.45) is 0.682. The summed E-state index contributed by atoms with van der Waals surface area (Å²) in [7, 11) is 0. The third kappa shape index (κ3) is 4.25. The van der Waals surface area contributed by atoms with E-state index in [-0.39, 0.29) is 5.91 Å². The maximum atomic E-state index is 12.0. The highest BCUT2D eigenvalue weighted by Gasteiger charge is 2.33. The van der Waals surface area contributed by atoms with Crippen LogP contribution in [-0.2, 0) is 10.5 Å². The summed E-state index contributed by atoms with van der Waals surface area (Å²) >= 11 is 1.64. The number of nitrogens with zero attached hydrogens (tertiary/aromatic N) is 1. The topological polar surface area (TPSA) is 40.5 Å². The number of benzene rings is 1. The average molecular weight is 279 g/mol. The third-order valence-corrected chi connectivity index (χ3v) is 4.37. The first-order chi connectivity index (χ1) is 8.96. The summed E-state index contributed by atoms with van der Waals surface area (Å²) in [6, 6.07) is 8.36. The summed E-state index contributed by atoms with van der Waals surface area (Å²) in [5.74, 6) is 1.48. The number of aryl methyl sites for hydroxylation is 1. The molecule has 0 aromatic heterocycles. The molecular weight excluding hydrogens is 258 g/mol. The molecule has 0 radical (unpaired) electrons. The van der Waals surface area contributed by atoms with E-state index in [4.69, 9.17) is 0 Å². The van der Waals surface area contributed by atoms with Crippen LogP contribution in [0.2, 0.25) is 0 Å². The number of carbonyl (C=O) groups excluding carboxylic acids is 1. The van der Waals surface area contributed by atoms with E-state index in [9.17, 15) is 9.90 Å². The molecule has 1 aliphatic rings. The van der Waals surface area contributed by atoms with Crippen LogP contribution < -0.4 is 0 Å². The molecule has 1 saturated heterocycles. The van der Waals surface area contributed by atoms with E-state index in [0.717, 1.165) is 5.75 Å². The summed E-state index contributed by atoms with van der Waals surface area (Å²) in [4.78, 5) is 13.8. The van der Waals surface area contributed by atoms with Crippen molar-refractivity contribution < 1.29 is 9.90 Å². The summed E-state index contributed by atoms with van der Waals surface area (Å²) in [5, 5.41) is 9.85. The minimum absolute atomic E-state index is 0.135. The Bertz CT molecular complexity index is 459. The minimum Gasteiger partial charge on any atom is -0.388 e. The van der Waals surface area contributed by atoms with E-state index >= 15 is 0 Å². The van der Waals surface area contributed by atoms with Crippen molar-refractivity contribution in [2.75, 3.05) is 18.8 Å². The molecule has 2 rings (SSSR count). The van der Waals surface area contributed by atoms with Gasteiger partial charge in [-0.05, 0) is 25.8 Å². The zero-order valence-electron chi connectivity index (χ0n) is 11.6. The highest BCUT2D eigenvalue weighted by molar-refractivity contribution is 7.99. The fourth-order valence-electron chi connectivity index (χ4n) is 2.31. The fourth-order valence-corrected chi connectivity index (χ4v) is 3.18. The predicted molar refractivity (Wildman–Crippen MR) is 79.2 cm³/mol. The lowest BCUT2D eigenvalue weighted by molar-refractivity contribution is -0.128. The molecule has 19 heavy (non-hydrogen) atoms. The van der Waals surface area contributed by atoms with Gasteiger partial charge in [-0.3, -0.25) is 4.79 Å². The second-order valence-electron chi connectivity index (χ2n) is 5.54. The number of carbonyl (C=O) groups is 1. The summed E-state index contributed by atoms with van der Waals surface area (Å²) in [5.41, 5.74) is 1.81. The van der Waals surface area contributed by atoms with Gasteiger partial charge in [0.25, 0.3) is 0 Å². The van der Waals surface area contributed by atoms with Crippen LogP contribution >= 0.6 is 11.8 Å². The maximum Gasteiger partial charge on any atom is 0.232 e. The standard InChI is InChI=1S/C15H21NO2S/c1-12-4-3-5-13(8-12)9-19-10-14(17)16-7-6-15(2,18)11-16/h3-5,8,18H,6-7,9-11H2,1-2H3. The molecule has 1 aliphatic heterocycles. The molecule has 1 atom stereocenters. The SMILES string of the molecule is Cc1cccc(CSCC(=O)N2CCC(C)(O)C2)c1. The van der Waals surface area contributed by atoms with Crippen LogP contribution in [0.1, 0.15) is 24.5 Å². The molecule has 1 N–H and O–H groups in total. The molecule has 1 amide bonds. The second-order valence-corrected chi connectivity index (χ2v) is 6.53. The van der Waals surface area contributed by atoms with Crippen LogP contribution in [0.15, 0.2) is 24.3 Å². The largest absolute Gasteiger partial charge is 0.388 e. The highest BCUT2D eigenvalue weighted by atomic mass is 32.2. The zero-order valence-corrected chi connectivity index (χ0v) is 12.4. The van der Waals surface area contributed by atoms with Crippen LogP contribution in [-0.4, -0.2) is 40.4 Å². The molecule has 0 saturated carbocycles. The van der Waals surface area contributed by atoms with Gasteiger partial charge in [0.15, 0.2) is 0 Å². The molecule has 4 heteroatoms. The number of aliphatic hydroxyl groups is 1. The van der Waals surface area contributed by atoms with E-state index in [2.05, 4.69) is 25.1 Å². The lowest BCUT2D eigenvalue weighted by Crippen LogP contribution is -2.34. The summed E-state index contributed by atoms with van der Waals surface area (Å²) < 4.78 is 0. The first-order valence-electron chi connectivity index (χ1n) is 6.60. The van der Waals surface area contributed by atoms with Crippen LogP contribution in [0.25, 0.3) is 0 Å². The summed E-state index contributed by atoms with van der Waals surface area (Å²) in [6.45, 7) is 5.01. The smallest absolute Gasteiger partial charge is 0.232 e. The van der Waals surface area contributed by atoms with Gasteiger partial charge in [0.05, 0.1) is 11.4 Å². The van der Waals surface area contributed by atoms with Crippen LogP contribution in [0.4, 0.5) is 0 Å². The normalized spacial score (nSPS) is 22.8. The van der Waals surface area contributed by atoms with E-state index in [1.807, 2.05) is 6.07 Å². The lowest BCUT2D eigenvalue weighted by atomic mass is 10.1. The molecule has 0 bridgehead atoms. The second kappa shape index (κ2) is 5.97. The number of rotatable bonds is 4. The van der Waals surface area contributed by atoms with Gasteiger partial charge in [0.1, 0.15) is 0 Å². The maximum absolute atomic E-state index is 12.0. The minimum atomic E-state index is -0.698. The number of hydrogen-bond donors (Lipinski definition) is 1. The molecule has 0 spiro atoms. The molecule has 1 heterocycles. The van der Waals surface area contributed by atoms with Crippen molar-refractivity contribution in [1.29, 1.82) is 0 Å². The third-order valence-electron chi connectivity index (χ3n) is 3.38. The molecule has 1 fully saturated rings. The van der Waals surface area contributed by atoms with E-state index in [0.29, 0.717) is 25.3 Å². The van der Waals surface area contributed by atoms with Gasteiger partial charge in [-0.15, -0.1) is 11.8 Å². The molecule has 1 aromatic rings. The van der Waals surface area contributed by atoms with Gasteiger partial charge in [0, 0.05) is 18.8 Å². The van der Waals surface area contributed by atoms with Gasteiger partial charge in [-0.25, -0.2) is 0 Å². The van der Waals surface area contributed by atoms with Crippen molar-refractivity contribution in [2.24, 2.45) is 0 Å². The van der Waals surface area contributed by atoms with Gasteiger partial charge in [-0.2, -0.15) is 0 Å². The number of β-amino-alcohol motifs (C(OH)–C–C–N with tert-alkyl or cyclic N) is 1. The molecule has 1 aromatic carbocycles. The quantitative estimate of drug-likeness (QED) is 0.918. The van der Waals surface area contributed by atoms with Crippen molar-refractivity contribution in [2.45, 2.75) is 31.6 Å². The lowest BCUT2D eigenvalue weighted by Gasteiger charge is -2.18. The Kier molecular flexibility index (Phi) is 4.53. The van der Waals surface area contributed by atoms with Gasteiger partial charge < -0.3 is 10.0 Å². The molecular formula is C15H21NO2S. The Morgan fingerprint density at radius 3 is 2.95 bits per heavy atom. The number of likely N-dealkylation sites (tertiary alicyclic amines) is 1. The first-order valence-corrected chi connectivity index (χ1v) is 7.75. The molecule has 1 unspecified atom stereocenters. The van der Waals surface area contributed by atoms with E-state index in [1.165, 1.54) is 11.1 Å². The van der Waals surface area contributed by atoms with Gasteiger partial charge in [-0.1, -0.05) is 29.8 Å². The molecule has 0 aliphatic carbocycles. The van der Waals surface area contributed by atoms with E-state index < -0.39 is 5.60 Å². The first kappa shape index (κ1) is 14.4. The number of thioether (sulfide) groups is 1. The number of hydrogen-bond acceptors (Lipinski definition) is 3. The Hall–Kier alpha value is -1.00. The van der Waals surface area contributed by atoms with Crippen molar-refractivity contribution in [3.8, 4) is 0 Å². The van der Waals surface area contributed by atoms with Crippen LogP contribution in [0, 0.1) is 6.92 Å². The monoisotopic (exact) mass is 279 g/mol. The highest BCUT2D eigenvalue weighted by Crippen LogP contribution is 2.21. The molecule has 3 nitrogen and oxygen atoms in total. The Morgan fingerprint density at radius 2 is 2.32 bits per heavy atom. The van der Waals surface area contributed by atoms with Crippen molar-refractivity contribution in [1.82, 2.24) is 4.90 Å². The average Bonchev–Trinajstić information content (AvgIpc) is 2.70. The van der Waals surface area contributed by atoms with Gasteiger partial charge >= 0.3 is 0 Å². The fraction of sp³-hybridized carbons (Fsp3) is 0.533. The van der Waals surface area contributed by atoms with Crippen molar-refractivity contribution in [3.05, 3.63) is 35.4 Å².